The monoisotopic (exact) mass is 258 g/mol. The molecule has 1 atom stereocenters. The summed E-state index contributed by atoms with van der Waals surface area (Å²) < 4.78 is 16.9. The Kier molecular flexibility index (Phi) is 2.58. The zero-order chi connectivity index (χ0) is 12.6. The highest BCUT2D eigenvalue weighted by Gasteiger charge is 2.27. The topological polar surface area (TPSA) is 46.5 Å². The van der Waals surface area contributed by atoms with Gasteiger partial charge in [0, 0.05) is 17.0 Å². The van der Waals surface area contributed by atoms with E-state index in [1.54, 1.807) is 12.1 Å². The average molecular weight is 258 g/mol. The molecule has 1 N–H and O–H groups in total. The fourth-order valence-corrected chi connectivity index (χ4v) is 3.12. The van der Waals surface area contributed by atoms with Crippen molar-refractivity contribution in [3.05, 3.63) is 71.5 Å². The molecule has 4 heteroatoms. The fourth-order valence-electron chi connectivity index (χ4n) is 2.02. The molecule has 0 saturated heterocycles. The second kappa shape index (κ2) is 4.13. The predicted octanol–water partition coefficient (Wildman–Crippen LogP) is 3.65. The van der Waals surface area contributed by atoms with Gasteiger partial charge in [-0.2, -0.15) is 0 Å². The Morgan fingerprint density at radius 1 is 0.944 bits per heavy atom. The summed E-state index contributed by atoms with van der Waals surface area (Å²) in [5.74, 6) is 1.76. The van der Waals surface area contributed by atoms with Crippen molar-refractivity contribution in [3.63, 3.8) is 0 Å². The molecule has 0 amide bonds. The van der Waals surface area contributed by atoms with Crippen LogP contribution < -0.4 is 4.52 Å². The summed E-state index contributed by atoms with van der Waals surface area (Å²) in [5, 5.41) is 0. The van der Waals surface area contributed by atoms with Gasteiger partial charge >= 0.3 is 7.60 Å². The molecule has 0 bridgehead atoms. The van der Waals surface area contributed by atoms with Gasteiger partial charge in [0.15, 0.2) is 0 Å². The molecular weight excluding hydrogens is 247 g/mol. The van der Waals surface area contributed by atoms with Gasteiger partial charge in [0.05, 0.1) is 0 Å². The zero-order valence-corrected chi connectivity index (χ0v) is 10.4. The van der Waals surface area contributed by atoms with Crippen LogP contribution in [0, 0.1) is 0 Å². The molecule has 1 aliphatic rings. The summed E-state index contributed by atoms with van der Waals surface area (Å²) >= 11 is 0. The van der Waals surface area contributed by atoms with Crippen LogP contribution >= 0.6 is 7.60 Å². The van der Waals surface area contributed by atoms with Crippen molar-refractivity contribution in [2.45, 2.75) is 0 Å². The molecule has 3 rings (SSSR count). The van der Waals surface area contributed by atoms with Crippen LogP contribution in [0.25, 0.3) is 5.57 Å². The summed E-state index contributed by atoms with van der Waals surface area (Å²) in [6, 6.07) is 16.8. The Balaban J connectivity index is 2.23. The third kappa shape index (κ3) is 1.99. The molecule has 0 aliphatic carbocycles. The number of hydrogen-bond acceptors (Lipinski definition) is 2. The van der Waals surface area contributed by atoms with Crippen molar-refractivity contribution in [3.8, 4) is 5.75 Å². The summed E-state index contributed by atoms with van der Waals surface area (Å²) in [5.41, 5.74) is 2.48. The molecular formula is C14H11O3P. The van der Waals surface area contributed by atoms with E-state index < -0.39 is 7.60 Å². The van der Waals surface area contributed by atoms with Crippen molar-refractivity contribution < 1.29 is 14.0 Å². The molecule has 1 unspecified atom stereocenters. The first-order valence-electron chi connectivity index (χ1n) is 5.55. The Morgan fingerprint density at radius 2 is 1.61 bits per heavy atom. The van der Waals surface area contributed by atoms with Gasteiger partial charge in [-0.25, -0.2) is 4.57 Å². The first-order valence-corrected chi connectivity index (χ1v) is 7.20. The van der Waals surface area contributed by atoms with Crippen LogP contribution in [0.4, 0.5) is 0 Å². The normalized spacial score (nSPS) is 21.7. The third-order valence-electron chi connectivity index (χ3n) is 2.78. The van der Waals surface area contributed by atoms with Gasteiger partial charge in [-0.05, 0) is 11.6 Å². The number of benzene rings is 2. The number of fused-ring (bicyclic) bond motifs is 1. The molecule has 0 saturated carbocycles. The molecule has 18 heavy (non-hydrogen) atoms. The van der Waals surface area contributed by atoms with Gasteiger partial charge in [0.2, 0.25) is 0 Å². The van der Waals surface area contributed by atoms with Gasteiger partial charge in [-0.3, -0.25) is 0 Å². The standard InChI is InChI=1S/C14H11O3P/c15-18(16)10-13(11-6-2-1-3-7-11)12-8-4-5-9-14(12)17-18/h1-10H,(H,15,16). The summed E-state index contributed by atoms with van der Waals surface area (Å²) in [6.45, 7) is 0. The van der Waals surface area contributed by atoms with E-state index in [-0.39, 0.29) is 0 Å². The Hall–Kier alpha value is -1.83. The van der Waals surface area contributed by atoms with Crippen LogP contribution in [0.15, 0.2) is 60.4 Å². The van der Waals surface area contributed by atoms with E-state index in [1.807, 2.05) is 42.5 Å². The maximum Gasteiger partial charge on any atom is 0.401 e. The highest BCUT2D eigenvalue weighted by molar-refractivity contribution is 7.57. The lowest BCUT2D eigenvalue weighted by Gasteiger charge is -2.21. The van der Waals surface area contributed by atoms with Gasteiger partial charge in [-0.1, -0.05) is 48.5 Å². The molecule has 3 nitrogen and oxygen atoms in total. The van der Waals surface area contributed by atoms with E-state index in [0.29, 0.717) is 5.75 Å². The van der Waals surface area contributed by atoms with E-state index >= 15 is 0 Å². The molecule has 0 radical (unpaired) electrons. The van der Waals surface area contributed by atoms with E-state index in [9.17, 15) is 9.46 Å². The Morgan fingerprint density at radius 3 is 2.39 bits per heavy atom. The highest BCUT2D eigenvalue weighted by Crippen LogP contribution is 2.53. The van der Waals surface area contributed by atoms with Gasteiger partial charge < -0.3 is 9.42 Å². The summed E-state index contributed by atoms with van der Waals surface area (Å²) in [7, 11) is -3.70. The molecule has 1 aliphatic heterocycles. The van der Waals surface area contributed by atoms with Gasteiger partial charge in [0.1, 0.15) is 5.75 Å². The minimum atomic E-state index is -3.70. The second-order valence-electron chi connectivity index (χ2n) is 4.06. The van der Waals surface area contributed by atoms with Crippen LogP contribution in [-0.4, -0.2) is 4.89 Å². The van der Waals surface area contributed by atoms with E-state index in [1.165, 1.54) is 5.82 Å². The molecule has 0 aromatic heterocycles. The van der Waals surface area contributed by atoms with Crippen LogP contribution in [0.1, 0.15) is 11.1 Å². The van der Waals surface area contributed by atoms with Crippen molar-refractivity contribution in [1.82, 2.24) is 0 Å². The van der Waals surface area contributed by atoms with Crippen molar-refractivity contribution in [2.75, 3.05) is 0 Å². The maximum atomic E-state index is 11.8. The van der Waals surface area contributed by atoms with Gasteiger partial charge in [0.25, 0.3) is 0 Å². The van der Waals surface area contributed by atoms with Crippen molar-refractivity contribution in [1.29, 1.82) is 0 Å². The van der Waals surface area contributed by atoms with E-state index in [2.05, 4.69) is 0 Å². The van der Waals surface area contributed by atoms with Crippen LogP contribution in [0.2, 0.25) is 0 Å². The van der Waals surface area contributed by atoms with E-state index in [4.69, 9.17) is 4.52 Å². The van der Waals surface area contributed by atoms with Crippen LogP contribution in [-0.2, 0) is 4.57 Å². The minimum absolute atomic E-state index is 0.449. The Labute approximate surface area is 105 Å². The molecule has 1 heterocycles. The smallest absolute Gasteiger partial charge is 0.401 e. The number of rotatable bonds is 1. The molecule has 0 fully saturated rings. The quantitative estimate of drug-likeness (QED) is 0.794. The lowest BCUT2D eigenvalue weighted by Crippen LogP contribution is -2.01. The Bertz CT molecular complexity index is 662. The molecule has 0 spiro atoms. The number of para-hydroxylation sites is 1. The predicted molar refractivity (Wildman–Crippen MR) is 70.4 cm³/mol. The lowest BCUT2D eigenvalue weighted by atomic mass is 9.99. The first-order chi connectivity index (χ1) is 8.66. The van der Waals surface area contributed by atoms with Crippen molar-refractivity contribution >= 4 is 13.2 Å². The molecule has 90 valence electrons. The average Bonchev–Trinajstić information content (AvgIpc) is 2.38. The van der Waals surface area contributed by atoms with Crippen LogP contribution in [0.3, 0.4) is 0 Å². The summed E-state index contributed by atoms with van der Waals surface area (Å²) in [4.78, 5) is 9.71. The summed E-state index contributed by atoms with van der Waals surface area (Å²) in [6.07, 6.45) is 0. The van der Waals surface area contributed by atoms with E-state index in [0.717, 1.165) is 16.7 Å². The third-order valence-corrected chi connectivity index (χ3v) is 3.83. The largest absolute Gasteiger partial charge is 0.421 e. The van der Waals surface area contributed by atoms with Gasteiger partial charge in [-0.15, -0.1) is 0 Å². The fraction of sp³-hybridized carbons (Fsp3) is 0. The molecule has 2 aromatic carbocycles. The number of hydrogen-bond donors (Lipinski definition) is 1. The zero-order valence-electron chi connectivity index (χ0n) is 9.48. The molecule has 2 aromatic rings. The second-order valence-corrected chi connectivity index (χ2v) is 5.63. The maximum absolute atomic E-state index is 11.8. The van der Waals surface area contributed by atoms with Crippen molar-refractivity contribution in [2.24, 2.45) is 0 Å². The highest BCUT2D eigenvalue weighted by atomic mass is 31.2. The minimum Gasteiger partial charge on any atom is -0.421 e. The lowest BCUT2D eigenvalue weighted by molar-refractivity contribution is 0.390. The first kappa shape index (κ1) is 11.3. The van der Waals surface area contributed by atoms with Crippen LogP contribution in [0.5, 0.6) is 5.75 Å². The SMILES string of the molecule is O=P1(O)C=C(c2ccccc2)c2ccccc2O1.